The second-order valence-corrected chi connectivity index (χ2v) is 12.4. The van der Waals surface area contributed by atoms with Gasteiger partial charge in [0.05, 0.1) is 13.2 Å². The van der Waals surface area contributed by atoms with Gasteiger partial charge >= 0.3 is 17.9 Å². The van der Waals surface area contributed by atoms with Crippen LogP contribution in [0.5, 0.6) is 0 Å². The molecule has 0 amide bonds. The predicted molar refractivity (Wildman–Crippen MR) is 168 cm³/mol. The Morgan fingerprint density at radius 3 is 1.32 bits per heavy atom. The normalized spacial score (nSPS) is 11.6. The van der Waals surface area contributed by atoms with Crippen molar-refractivity contribution in [1.82, 2.24) is 4.90 Å². The summed E-state index contributed by atoms with van der Waals surface area (Å²) in [5, 5.41) is 0. The molecule has 0 atom stereocenters. The van der Waals surface area contributed by atoms with E-state index in [0.29, 0.717) is 32.5 Å². The lowest BCUT2D eigenvalue weighted by molar-refractivity contribution is -0.155. The molecule has 0 rings (SSSR count). The molecule has 242 valence electrons. The third kappa shape index (κ3) is 29.7. The standard InChI is InChI=1S/C34H65NO6/c1-6-8-20-29-39-31(36)23-16-12-10-14-18-26-35(28-22-25-33(38)41-34(3,4)5)27-19-15-11-13-17-24-32(37)40-30-21-9-7-2/h6-30H2,1-5H3. The number of carbonyl (C=O) groups is 3. The zero-order valence-electron chi connectivity index (χ0n) is 27.6. The summed E-state index contributed by atoms with van der Waals surface area (Å²) in [5.41, 5.74) is -0.436. The van der Waals surface area contributed by atoms with Gasteiger partial charge in [-0.15, -0.1) is 0 Å². The summed E-state index contributed by atoms with van der Waals surface area (Å²) in [5.74, 6) is -0.232. The first-order valence-electron chi connectivity index (χ1n) is 16.9. The van der Waals surface area contributed by atoms with E-state index in [0.717, 1.165) is 129 Å². The van der Waals surface area contributed by atoms with Crippen LogP contribution in [0.25, 0.3) is 0 Å². The van der Waals surface area contributed by atoms with Gasteiger partial charge in [-0.2, -0.15) is 0 Å². The maximum atomic E-state index is 12.1. The lowest BCUT2D eigenvalue weighted by Gasteiger charge is -2.23. The minimum atomic E-state index is -0.436. The van der Waals surface area contributed by atoms with Crippen LogP contribution in [0.2, 0.25) is 0 Å². The molecule has 7 nitrogen and oxygen atoms in total. The van der Waals surface area contributed by atoms with Gasteiger partial charge in [-0.3, -0.25) is 14.4 Å². The van der Waals surface area contributed by atoms with Crippen LogP contribution in [-0.4, -0.2) is 61.3 Å². The Labute approximate surface area is 252 Å². The zero-order chi connectivity index (χ0) is 30.6. The molecule has 41 heavy (non-hydrogen) atoms. The maximum Gasteiger partial charge on any atom is 0.306 e. The quantitative estimate of drug-likeness (QED) is 0.0518. The number of hydrogen-bond acceptors (Lipinski definition) is 7. The molecule has 0 aliphatic heterocycles. The fraction of sp³-hybridized carbons (Fsp3) is 0.912. The van der Waals surface area contributed by atoms with Gasteiger partial charge in [-0.05, 0) is 85.4 Å². The lowest BCUT2D eigenvalue weighted by atomic mass is 10.1. The summed E-state index contributed by atoms with van der Waals surface area (Å²) >= 11 is 0. The van der Waals surface area contributed by atoms with Gasteiger partial charge in [0.1, 0.15) is 5.60 Å². The van der Waals surface area contributed by atoms with Gasteiger partial charge in [0.2, 0.25) is 0 Å². The van der Waals surface area contributed by atoms with Crippen molar-refractivity contribution >= 4 is 17.9 Å². The highest BCUT2D eigenvalue weighted by atomic mass is 16.6. The van der Waals surface area contributed by atoms with Gasteiger partial charge in [0.15, 0.2) is 0 Å². The maximum absolute atomic E-state index is 12.1. The molecule has 7 heteroatoms. The molecule has 0 bridgehead atoms. The van der Waals surface area contributed by atoms with Crippen LogP contribution in [0.15, 0.2) is 0 Å². The minimum Gasteiger partial charge on any atom is -0.466 e. The monoisotopic (exact) mass is 583 g/mol. The highest BCUT2D eigenvalue weighted by Gasteiger charge is 2.16. The van der Waals surface area contributed by atoms with E-state index in [1.165, 1.54) is 0 Å². The Morgan fingerprint density at radius 1 is 0.488 bits per heavy atom. The average molecular weight is 584 g/mol. The number of unbranched alkanes of at least 4 members (excludes halogenated alkanes) is 12. The fourth-order valence-electron chi connectivity index (χ4n) is 4.67. The number of carbonyl (C=O) groups excluding carboxylic acids is 3. The molecule has 0 fully saturated rings. The minimum absolute atomic E-state index is 0.0559. The van der Waals surface area contributed by atoms with E-state index < -0.39 is 5.60 Å². The van der Waals surface area contributed by atoms with Crippen molar-refractivity contribution in [2.75, 3.05) is 32.8 Å². The molecular weight excluding hydrogens is 518 g/mol. The topological polar surface area (TPSA) is 82.1 Å². The molecule has 0 aromatic carbocycles. The highest BCUT2D eigenvalue weighted by molar-refractivity contribution is 5.70. The van der Waals surface area contributed by atoms with Crippen molar-refractivity contribution in [2.45, 2.75) is 169 Å². The molecule has 0 saturated heterocycles. The molecule has 0 spiro atoms. The molecule has 0 radical (unpaired) electrons. The Hall–Kier alpha value is -1.63. The van der Waals surface area contributed by atoms with Gasteiger partial charge in [-0.1, -0.05) is 78.1 Å². The second-order valence-electron chi connectivity index (χ2n) is 12.4. The smallest absolute Gasteiger partial charge is 0.306 e. The molecule has 0 aliphatic carbocycles. The fourth-order valence-corrected chi connectivity index (χ4v) is 4.67. The van der Waals surface area contributed by atoms with Gasteiger partial charge < -0.3 is 19.1 Å². The summed E-state index contributed by atoms with van der Waals surface area (Å²) in [4.78, 5) is 38.2. The SMILES string of the molecule is CCCCCOC(=O)CCCCCCCN(CCCCCCCC(=O)OCCCCC)CCCC(=O)OC(C)(C)C. The molecule has 0 saturated carbocycles. The Kier molecular flexibility index (Phi) is 26.1. The zero-order valence-corrected chi connectivity index (χ0v) is 27.6. The van der Waals surface area contributed by atoms with Crippen LogP contribution in [0.3, 0.4) is 0 Å². The first kappa shape index (κ1) is 39.4. The van der Waals surface area contributed by atoms with Crippen LogP contribution in [-0.2, 0) is 28.6 Å². The Bertz CT molecular complexity index is 608. The van der Waals surface area contributed by atoms with Crippen molar-refractivity contribution in [1.29, 1.82) is 0 Å². The Morgan fingerprint density at radius 2 is 0.878 bits per heavy atom. The van der Waals surface area contributed by atoms with Crippen molar-refractivity contribution in [3.63, 3.8) is 0 Å². The molecule has 0 aromatic heterocycles. The third-order valence-corrected chi connectivity index (χ3v) is 7.01. The van der Waals surface area contributed by atoms with Crippen molar-refractivity contribution in [2.24, 2.45) is 0 Å². The van der Waals surface area contributed by atoms with Gasteiger partial charge in [0.25, 0.3) is 0 Å². The van der Waals surface area contributed by atoms with Gasteiger partial charge in [-0.25, -0.2) is 0 Å². The largest absolute Gasteiger partial charge is 0.466 e. The molecule has 0 aliphatic rings. The molecule has 0 aromatic rings. The van der Waals surface area contributed by atoms with Crippen molar-refractivity contribution < 1.29 is 28.6 Å². The summed E-state index contributed by atoms with van der Waals surface area (Å²) in [6, 6.07) is 0. The van der Waals surface area contributed by atoms with Crippen LogP contribution in [0.4, 0.5) is 0 Å². The Balaban J connectivity index is 4.15. The van der Waals surface area contributed by atoms with E-state index in [2.05, 4.69) is 18.7 Å². The summed E-state index contributed by atoms with van der Waals surface area (Å²) < 4.78 is 16.0. The van der Waals surface area contributed by atoms with Crippen molar-refractivity contribution in [3.8, 4) is 0 Å². The van der Waals surface area contributed by atoms with Crippen molar-refractivity contribution in [3.05, 3.63) is 0 Å². The van der Waals surface area contributed by atoms with Crippen LogP contribution >= 0.6 is 0 Å². The van der Waals surface area contributed by atoms with Crippen LogP contribution < -0.4 is 0 Å². The molecule has 0 heterocycles. The summed E-state index contributed by atoms with van der Waals surface area (Å²) in [6.07, 6.45) is 19.5. The molecular formula is C34H65NO6. The molecule has 0 unspecified atom stereocenters. The molecule has 0 N–H and O–H groups in total. The van der Waals surface area contributed by atoms with E-state index in [1.54, 1.807) is 0 Å². The first-order chi connectivity index (χ1) is 19.7. The number of esters is 3. The van der Waals surface area contributed by atoms with E-state index in [4.69, 9.17) is 14.2 Å². The third-order valence-electron chi connectivity index (χ3n) is 7.01. The van der Waals surface area contributed by atoms with Crippen LogP contribution in [0.1, 0.15) is 163 Å². The number of rotatable bonds is 28. The summed E-state index contributed by atoms with van der Waals surface area (Å²) in [6.45, 7) is 14.1. The first-order valence-corrected chi connectivity index (χ1v) is 16.9. The van der Waals surface area contributed by atoms with E-state index >= 15 is 0 Å². The number of hydrogen-bond donors (Lipinski definition) is 0. The second kappa shape index (κ2) is 27.2. The lowest BCUT2D eigenvalue weighted by Crippen LogP contribution is -2.29. The predicted octanol–water partition coefficient (Wildman–Crippen LogP) is 8.56. The average Bonchev–Trinajstić information content (AvgIpc) is 2.91. The van der Waals surface area contributed by atoms with E-state index in [1.807, 2.05) is 20.8 Å². The van der Waals surface area contributed by atoms with E-state index in [-0.39, 0.29) is 17.9 Å². The van der Waals surface area contributed by atoms with Crippen LogP contribution in [0, 0.1) is 0 Å². The highest BCUT2D eigenvalue weighted by Crippen LogP contribution is 2.13. The number of nitrogens with zero attached hydrogens (tertiary/aromatic N) is 1. The van der Waals surface area contributed by atoms with E-state index in [9.17, 15) is 14.4 Å². The summed E-state index contributed by atoms with van der Waals surface area (Å²) in [7, 11) is 0. The van der Waals surface area contributed by atoms with Gasteiger partial charge in [0, 0.05) is 19.3 Å². The number of ether oxygens (including phenoxy) is 3.